The number of hydrogen-bond donors (Lipinski definition) is 3. The number of rotatable bonds is 6. The zero-order chi connectivity index (χ0) is 20.6. The smallest absolute Gasteiger partial charge is 0.253 e. The molecule has 1 aliphatic heterocycles. The average Bonchev–Trinajstić information content (AvgIpc) is 2.73. The third-order valence-electron chi connectivity index (χ3n) is 4.69. The van der Waals surface area contributed by atoms with E-state index in [1.807, 2.05) is 11.0 Å². The SMILES string of the molecule is CC(=O)Nc1cccc(NCC(=O)Nc2ccc(C(=O)N3CCCCC3)cc2)c1. The molecule has 2 aromatic carbocycles. The standard InChI is InChI=1S/C22H26N4O3/c1-16(27)24-20-7-5-6-19(14-20)23-15-21(28)25-18-10-8-17(9-11-18)22(29)26-12-3-2-4-13-26/h5-11,14,23H,2-4,12-13,15H2,1H3,(H,24,27)(H,25,28). The summed E-state index contributed by atoms with van der Waals surface area (Å²) in [6.45, 7) is 3.15. The Bertz CT molecular complexity index is 874. The number of carbonyl (C=O) groups is 3. The van der Waals surface area contributed by atoms with Crippen molar-refractivity contribution in [2.24, 2.45) is 0 Å². The molecule has 0 unspecified atom stereocenters. The molecule has 0 saturated carbocycles. The van der Waals surface area contributed by atoms with Crippen LogP contribution in [0.2, 0.25) is 0 Å². The van der Waals surface area contributed by atoms with Gasteiger partial charge in [0, 0.05) is 42.6 Å². The summed E-state index contributed by atoms with van der Waals surface area (Å²) in [5.41, 5.74) is 2.67. The van der Waals surface area contributed by atoms with E-state index < -0.39 is 0 Å². The van der Waals surface area contributed by atoms with Gasteiger partial charge in [-0.1, -0.05) is 6.07 Å². The third kappa shape index (κ3) is 6.07. The zero-order valence-electron chi connectivity index (χ0n) is 16.5. The minimum absolute atomic E-state index is 0.0447. The van der Waals surface area contributed by atoms with Crippen molar-refractivity contribution in [3.8, 4) is 0 Å². The normalized spacial score (nSPS) is 13.5. The van der Waals surface area contributed by atoms with Crippen molar-refractivity contribution in [3.05, 3.63) is 54.1 Å². The molecule has 0 atom stereocenters. The highest BCUT2D eigenvalue weighted by Crippen LogP contribution is 2.17. The number of nitrogens with one attached hydrogen (secondary N) is 3. The van der Waals surface area contributed by atoms with Gasteiger partial charge in [0.05, 0.1) is 6.54 Å². The van der Waals surface area contributed by atoms with Gasteiger partial charge in [0.25, 0.3) is 5.91 Å². The topological polar surface area (TPSA) is 90.5 Å². The number of nitrogens with zero attached hydrogens (tertiary/aromatic N) is 1. The van der Waals surface area contributed by atoms with Gasteiger partial charge in [0.2, 0.25) is 11.8 Å². The first-order valence-electron chi connectivity index (χ1n) is 9.82. The van der Waals surface area contributed by atoms with E-state index in [1.165, 1.54) is 13.3 Å². The van der Waals surface area contributed by atoms with Crippen LogP contribution in [0.25, 0.3) is 0 Å². The van der Waals surface area contributed by atoms with Crippen LogP contribution >= 0.6 is 0 Å². The minimum Gasteiger partial charge on any atom is -0.376 e. The second-order valence-corrected chi connectivity index (χ2v) is 7.09. The fourth-order valence-corrected chi connectivity index (χ4v) is 3.27. The fourth-order valence-electron chi connectivity index (χ4n) is 3.27. The average molecular weight is 394 g/mol. The number of anilines is 3. The summed E-state index contributed by atoms with van der Waals surface area (Å²) in [5.74, 6) is -0.310. The molecular formula is C22H26N4O3. The summed E-state index contributed by atoms with van der Waals surface area (Å²) in [5, 5.41) is 8.54. The summed E-state index contributed by atoms with van der Waals surface area (Å²) in [6, 6.07) is 14.1. The van der Waals surface area contributed by atoms with Gasteiger partial charge in [0.1, 0.15) is 0 Å². The molecule has 152 valence electrons. The van der Waals surface area contributed by atoms with Crippen molar-refractivity contribution < 1.29 is 14.4 Å². The first-order valence-corrected chi connectivity index (χ1v) is 9.82. The van der Waals surface area contributed by atoms with Crippen LogP contribution in [-0.4, -0.2) is 42.3 Å². The van der Waals surface area contributed by atoms with E-state index in [4.69, 9.17) is 0 Å². The maximum Gasteiger partial charge on any atom is 0.253 e. The van der Waals surface area contributed by atoms with Gasteiger partial charge in [-0.3, -0.25) is 14.4 Å². The van der Waals surface area contributed by atoms with E-state index in [2.05, 4.69) is 16.0 Å². The van der Waals surface area contributed by atoms with Crippen LogP contribution in [0, 0.1) is 0 Å². The molecule has 7 heteroatoms. The molecule has 0 spiro atoms. The second-order valence-electron chi connectivity index (χ2n) is 7.09. The Kier molecular flexibility index (Phi) is 6.84. The number of piperidine rings is 1. The van der Waals surface area contributed by atoms with Crippen molar-refractivity contribution in [2.75, 3.05) is 35.6 Å². The van der Waals surface area contributed by atoms with Crippen molar-refractivity contribution in [1.82, 2.24) is 4.90 Å². The Morgan fingerprint density at radius 2 is 1.55 bits per heavy atom. The van der Waals surface area contributed by atoms with Crippen LogP contribution in [0.1, 0.15) is 36.5 Å². The van der Waals surface area contributed by atoms with Crippen LogP contribution in [0.4, 0.5) is 17.1 Å². The Hall–Kier alpha value is -3.35. The molecule has 1 fully saturated rings. The van der Waals surface area contributed by atoms with Crippen molar-refractivity contribution >= 4 is 34.8 Å². The number of benzene rings is 2. The summed E-state index contributed by atoms with van der Waals surface area (Å²) in [6.07, 6.45) is 3.29. The molecule has 1 saturated heterocycles. The highest BCUT2D eigenvalue weighted by Gasteiger charge is 2.17. The van der Waals surface area contributed by atoms with Crippen LogP contribution in [0.3, 0.4) is 0 Å². The van der Waals surface area contributed by atoms with Gasteiger partial charge in [-0.15, -0.1) is 0 Å². The predicted octanol–water partition coefficient (Wildman–Crippen LogP) is 3.32. The van der Waals surface area contributed by atoms with Crippen molar-refractivity contribution in [2.45, 2.75) is 26.2 Å². The number of likely N-dealkylation sites (tertiary alicyclic amines) is 1. The van der Waals surface area contributed by atoms with Crippen molar-refractivity contribution in [1.29, 1.82) is 0 Å². The lowest BCUT2D eigenvalue weighted by Crippen LogP contribution is -2.35. The third-order valence-corrected chi connectivity index (χ3v) is 4.69. The quantitative estimate of drug-likeness (QED) is 0.701. The molecule has 3 rings (SSSR count). The fraction of sp³-hybridized carbons (Fsp3) is 0.318. The van der Waals surface area contributed by atoms with Gasteiger partial charge in [0.15, 0.2) is 0 Å². The molecule has 1 aliphatic rings. The van der Waals surface area contributed by atoms with Crippen molar-refractivity contribution in [3.63, 3.8) is 0 Å². The lowest BCUT2D eigenvalue weighted by molar-refractivity contribution is -0.115. The molecule has 0 aromatic heterocycles. The maximum atomic E-state index is 12.5. The lowest BCUT2D eigenvalue weighted by atomic mass is 10.1. The molecule has 0 bridgehead atoms. The molecular weight excluding hydrogens is 368 g/mol. The van der Waals surface area contributed by atoms with Gasteiger partial charge in [-0.25, -0.2) is 0 Å². The van der Waals surface area contributed by atoms with E-state index in [1.54, 1.807) is 42.5 Å². The van der Waals surface area contributed by atoms with Gasteiger partial charge in [-0.05, 0) is 61.7 Å². The molecule has 3 amide bonds. The summed E-state index contributed by atoms with van der Waals surface area (Å²) in [4.78, 5) is 37.7. The molecule has 1 heterocycles. The Balaban J connectivity index is 1.50. The number of carbonyl (C=O) groups excluding carboxylic acids is 3. The predicted molar refractivity (Wildman–Crippen MR) is 114 cm³/mol. The second kappa shape index (κ2) is 9.73. The Morgan fingerprint density at radius 3 is 2.24 bits per heavy atom. The van der Waals surface area contributed by atoms with Gasteiger partial charge >= 0.3 is 0 Å². The summed E-state index contributed by atoms with van der Waals surface area (Å²) < 4.78 is 0. The van der Waals surface area contributed by atoms with Crippen LogP contribution in [0.15, 0.2) is 48.5 Å². The van der Waals surface area contributed by atoms with Crippen LogP contribution in [-0.2, 0) is 9.59 Å². The zero-order valence-corrected chi connectivity index (χ0v) is 16.5. The molecule has 7 nitrogen and oxygen atoms in total. The van der Waals surface area contributed by atoms with E-state index in [0.717, 1.165) is 31.6 Å². The Morgan fingerprint density at radius 1 is 0.862 bits per heavy atom. The Labute approximate surface area is 170 Å². The first kappa shape index (κ1) is 20.4. The number of hydrogen-bond acceptors (Lipinski definition) is 4. The van der Waals surface area contributed by atoms with Gasteiger partial charge < -0.3 is 20.9 Å². The number of amides is 3. The van der Waals surface area contributed by atoms with E-state index in [-0.39, 0.29) is 24.3 Å². The highest BCUT2D eigenvalue weighted by atomic mass is 16.2. The first-order chi connectivity index (χ1) is 14.0. The van der Waals surface area contributed by atoms with E-state index in [9.17, 15) is 14.4 Å². The molecule has 29 heavy (non-hydrogen) atoms. The van der Waals surface area contributed by atoms with Crippen LogP contribution in [0.5, 0.6) is 0 Å². The largest absolute Gasteiger partial charge is 0.376 e. The monoisotopic (exact) mass is 394 g/mol. The van der Waals surface area contributed by atoms with E-state index in [0.29, 0.717) is 16.9 Å². The van der Waals surface area contributed by atoms with E-state index >= 15 is 0 Å². The molecule has 0 aliphatic carbocycles. The molecule has 2 aromatic rings. The maximum absolute atomic E-state index is 12.5. The highest BCUT2D eigenvalue weighted by molar-refractivity contribution is 5.97. The minimum atomic E-state index is -0.204. The lowest BCUT2D eigenvalue weighted by Gasteiger charge is -2.26. The summed E-state index contributed by atoms with van der Waals surface area (Å²) in [7, 11) is 0. The molecule has 0 radical (unpaired) electrons. The molecule has 3 N–H and O–H groups in total. The summed E-state index contributed by atoms with van der Waals surface area (Å²) >= 11 is 0. The van der Waals surface area contributed by atoms with Crippen LogP contribution < -0.4 is 16.0 Å². The van der Waals surface area contributed by atoms with Gasteiger partial charge in [-0.2, -0.15) is 0 Å².